The number of aliphatic hydroxyl groups is 1. The Morgan fingerprint density at radius 1 is 1.30 bits per heavy atom. The molecule has 2 atom stereocenters. The van der Waals surface area contributed by atoms with Gasteiger partial charge in [0.2, 0.25) is 0 Å². The Bertz CT molecular complexity index is 640. The lowest BCUT2D eigenvalue weighted by Crippen LogP contribution is -2.45. The first kappa shape index (κ1) is 13.5. The second-order valence-electron chi connectivity index (χ2n) is 6.18. The molecule has 1 fully saturated rings. The molecule has 2 unspecified atom stereocenters. The summed E-state index contributed by atoms with van der Waals surface area (Å²) in [6.45, 7) is 5.11. The first-order valence-electron chi connectivity index (χ1n) is 7.28. The van der Waals surface area contributed by atoms with Crippen molar-refractivity contribution in [3.63, 3.8) is 0 Å². The van der Waals surface area contributed by atoms with Crippen LogP contribution in [0.4, 0.5) is 0 Å². The highest BCUT2D eigenvalue weighted by molar-refractivity contribution is 5.79. The summed E-state index contributed by atoms with van der Waals surface area (Å²) in [7, 11) is 2.12. The number of aromatic nitrogens is 1. The largest absolute Gasteiger partial charge is 0.385 e. The van der Waals surface area contributed by atoms with E-state index in [2.05, 4.69) is 36.0 Å². The summed E-state index contributed by atoms with van der Waals surface area (Å²) in [5.41, 5.74) is 2.34. The van der Waals surface area contributed by atoms with Crippen molar-refractivity contribution in [2.75, 3.05) is 13.6 Å². The monoisotopic (exact) mass is 270 g/mol. The fraction of sp³-hybridized carbons (Fsp3) is 0.471. The highest BCUT2D eigenvalue weighted by Gasteiger charge is 2.36. The van der Waals surface area contributed by atoms with E-state index in [1.807, 2.05) is 25.1 Å². The van der Waals surface area contributed by atoms with Crippen LogP contribution in [0.2, 0.25) is 0 Å². The highest BCUT2D eigenvalue weighted by atomic mass is 16.3. The molecule has 3 rings (SSSR count). The van der Waals surface area contributed by atoms with Crippen LogP contribution >= 0.6 is 0 Å². The molecule has 2 heterocycles. The number of rotatable bonds is 1. The number of hydrogen-bond acceptors (Lipinski definition) is 3. The number of pyridine rings is 1. The maximum absolute atomic E-state index is 11.0. The Hall–Kier alpha value is -1.45. The molecule has 0 aliphatic carbocycles. The molecule has 0 bridgehead atoms. The van der Waals surface area contributed by atoms with Crippen LogP contribution < -0.4 is 0 Å². The Balaban J connectivity index is 1.99. The second kappa shape index (κ2) is 4.83. The van der Waals surface area contributed by atoms with Crippen molar-refractivity contribution >= 4 is 10.9 Å². The lowest BCUT2D eigenvalue weighted by molar-refractivity contribution is -0.0407. The van der Waals surface area contributed by atoms with Crippen LogP contribution in [-0.2, 0) is 5.60 Å². The summed E-state index contributed by atoms with van der Waals surface area (Å²) in [5, 5.41) is 12.1. The normalized spacial score (nSPS) is 27.9. The molecule has 0 saturated carbocycles. The molecule has 1 aliphatic heterocycles. The number of nitrogens with zero attached hydrogens (tertiary/aromatic N) is 2. The van der Waals surface area contributed by atoms with Crippen LogP contribution in [0, 0.1) is 6.92 Å². The van der Waals surface area contributed by atoms with Gasteiger partial charge in [0.1, 0.15) is 0 Å². The molecule has 0 amide bonds. The summed E-state index contributed by atoms with van der Waals surface area (Å²) in [6, 6.07) is 10.7. The minimum atomic E-state index is -0.703. The van der Waals surface area contributed by atoms with Crippen LogP contribution in [0.15, 0.2) is 30.3 Å². The SMILES string of the molecule is Cc1ccc2cc(C3(O)CCN(C)C(C)C3)ccc2n1. The standard InChI is InChI=1S/C17H22N2O/c1-12-4-5-14-10-15(6-7-16(14)18-12)17(20)8-9-19(3)13(2)11-17/h4-7,10,13,20H,8-9,11H2,1-3H3. The van der Waals surface area contributed by atoms with E-state index in [-0.39, 0.29) is 0 Å². The van der Waals surface area contributed by atoms with Crippen LogP contribution in [0.1, 0.15) is 31.0 Å². The molecule has 1 saturated heterocycles. The first-order chi connectivity index (χ1) is 9.48. The van der Waals surface area contributed by atoms with Gasteiger partial charge in [0, 0.05) is 23.7 Å². The van der Waals surface area contributed by atoms with Gasteiger partial charge in [-0.15, -0.1) is 0 Å². The molecule has 3 heteroatoms. The maximum atomic E-state index is 11.0. The molecular formula is C17H22N2O. The smallest absolute Gasteiger partial charge is 0.0923 e. The first-order valence-corrected chi connectivity index (χ1v) is 7.28. The summed E-state index contributed by atoms with van der Waals surface area (Å²) in [4.78, 5) is 6.83. The van der Waals surface area contributed by atoms with Gasteiger partial charge >= 0.3 is 0 Å². The molecular weight excluding hydrogens is 248 g/mol. The zero-order chi connectivity index (χ0) is 14.3. The van der Waals surface area contributed by atoms with Crippen molar-refractivity contribution < 1.29 is 5.11 Å². The van der Waals surface area contributed by atoms with E-state index in [1.54, 1.807) is 0 Å². The van der Waals surface area contributed by atoms with Crippen LogP contribution in [0.3, 0.4) is 0 Å². The van der Waals surface area contributed by atoms with Gasteiger partial charge < -0.3 is 10.0 Å². The van der Waals surface area contributed by atoms with Gasteiger partial charge in [0.05, 0.1) is 11.1 Å². The summed E-state index contributed by atoms with van der Waals surface area (Å²) < 4.78 is 0. The van der Waals surface area contributed by atoms with Crippen molar-refractivity contribution in [3.8, 4) is 0 Å². The zero-order valence-corrected chi connectivity index (χ0v) is 12.4. The highest BCUT2D eigenvalue weighted by Crippen LogP contribution is 2.36. The fourth-order valence-corrected chi connectivity index (χ4v) is 3.11. The van der Waals surface area contributed by atoms with Crippen molar-refractivity contribution in [2.24, 2.45) is 0 Å². The van der Waals surface area contributed by atoms with Crippen LogP contribution in [-0.4, -0.2) is 34.6 Å². The lowest BCUT2D eigenvalue weighted by Gasteiger charge is -2.41. The minimum Gasteiger partial charge on any atom is -0.385 e. The van der Waals surface area contributed by atoms with E-state index < -0.39 is 5.60 Å². The predicted molar refractivity (Wildman–Crippen MR) is 81.7 cm³/mol. The predicted octanol–water partition coefficient (Wildman–Crippen LogP) is 2.84. The number of fused-ring (bicyclic) bond motifs is 1. The average molecular weight is 270 g/mol. The molecule has 1 aliphatic rings. The molecule has 0 spiro atoms. The van der Waals surface area contributed by atoms with Crippen molar-refractivity contribution in [1.29, 1.82) is 0 Å². The van der Waals surface area contributed by atoms with Crippen LogP contribution in [0.25, 0.3) is 10.9 Å². The quantitative estimate of drug-likeness (QED) is 0.865. The zero-order valence-electron chi connectivity index (χ0n) is 12.4. The minimum absolute atomic E-state index is 0.403. The molecule has 1 N–H and O–H groups in total. The van der Waals surface area contributed by atoms with E-state index in [1.165, 1.54) is 0 Å². The van der Waals surface area contributed by atoms with Crippen molar-refractivity contribution in [3.05, 3.63) is 41.6 Å². The number of aryl methyl sites for hydroxylation is 1. The van der Waals surface area contributed by atoms with E-state index in [0.717, 1.165) is 41.5 Å². The third kappa shape index (κ3) is 2.32. The number of hydrogen-bond donors (Lipinski definition) is 1. The maximum Gasteiger partial charge on any atom is 0.0923 e. The number of benzene rings is 1. The molecule has 106 valence electrons. The topological polar surface area (TPSA) is 36.4 Å². The second-order valence-corrected chi connectivity index (χ2v) is 6.18. The van der Waals surface area contributed by atoms with Crippen molar-refractivity contribution in [1.82, 2.24) is 9.88 Å². The summed E-state index contributed by atoms with van der Waals surface area (Å²) in [6.07, 6.45) is 1.58. The molecule has 0 radical (unpaired) electrons. The Morgan fingerprint density at radius 2 is 2.10 bits per heavy atom. The van der Waals surface area contributed by atoms with Gasteiger partial charge in [-0.2, -0.15) is 0 Å². The van der Waals surface area contributed by atoms with E-state index in [9.17, 15) is 5.11 Å². The van der Waals surface area contributed by atoms with Gasteiger partial charge in [0.25, 0.3) is 0 Å². The van der Waals surface area contributed by atoms with Gasteiger partial charge in [-0.05, 0) is 57.5 Å². The third-order valence-electron chi connectivity index (χ3n) is 4.63. The Kier molecular flexibility index (Phi) is 3.27. The number of likely N-dealkylation sites (tertiary alicyclic amines) is 1. The van der Waals surface area contributed by atoms with Gasteiger partial charge in [0.15, 0.2) is 0 Å². The van der Waals surface area contributed by atoms with E-state index >= 15 is 0 Å². The Morgan fingerprint density at radius 3 is 2.85 bits per heavy atom. The van der Waals surface area contributed by atoms with E-state index in [0.29, 0.717) is 6.04 Å². The van der Waals surface area contributed by atoms with E-state index in [4.69, 9.17) is 0 Å². The lowest BCUT2D eigenvalue weighted by atomic mass is 9.81. The molecule has 3 nitrogen and oxygen atoms in total. The average Bonchev–Trinajstić information content (AvgIpc) is 2.43. The fourth-order valence-electron chi connectivity index (χ4n) is 3.11. The van der Waals surface area contributed by atoms with Gasteiger partial charge in [-0.3, -0.25) is 4.98 Å². The van der Waals surface area contributed by atoms with Gasteiger partial charge in [-0.1, -0.05) is 12.1 Å². The third-order valence-corrected chi connectivity index (χ3v) is 4.63. The summed E-state index contributed by atoms with van der Waals surface area (Å²) >= 11 is 0. The Labute approximate surface area is 120 Å². The van der Waals surface area contributed by atoms with Gasteiger partial charge in [-0.25, -0.2) is 0 Å². The molecule has 1 aromatic heterocycles. The number of piperidine rings is 1. The van der Waals surface area contributed by atoms with Crippen LogP contribution in [0.5, 0.6) is 0 Å². The molecule has 2 aromatic rings. The van der Waals surface area contributed by atoms with Crippen molar-refractivity contribution in [2.45, 2.75) is 38.3 Å². The molecule has 1 aromatic carbocycles. The molecule has 20 heavy (non-hydrogen) atoms. The summed E-state index contributed by atoms with van der Waals surface area (Å²) in [5.74, 6) is 0.